The van der Waals surface area contributed by atoms with Gasteiger partial charge in [0.15, 0.2) is 0 Å². The van der Waals surface area contributed by atoms with Crippen molar-refractivity contribution in [3.63, 3.8) is 0 Å². The first kappa shape index (κ1) is 15.4. The number of carbonyl (C=O) groups is 2. The molecule has 0 saturated carbocycles. The van der Waals surface area contributed by atoms with Gasteiger partial charge in [0.1, 0.15) is 12.2 Å². The number of amides is 1. The Kier molecular flexibility index (Phi) is 5.75. The zero-order valence-electron chi connectivity index (χ0n) is 11.0. The number of aromatic nitrogens is 1. The molecule has 2 unspecified atom stereocenters. The second-order valence-corrected chi connectivity index (χ2v) is 5.91. The van der Waals surface area contributed by atoms with Gasteiger partial charge in [-0.05, 0) is 25.5 Å². The van der Waals surface area contributed by atoms with Gasteiger partial charge in [0.25, 0.3) is 5.91 Å². The highest BCUT2D eigenvalue weighted by atomic mass is 32.2. The van der Waals surface area contributed by atoms with E-state index in [1.807, 2.05) is 6.92 Å². The Morgan fingerprint density at radius 3 is 2.79 bits per heavy atom. The summed E-state index contributed by atoms with van der Waals surface area (Å²) >= 11 is 0. The fourth-order valence-electron chi connectivity index (χ4n) is 1.62. The average molecular weight is 286 g/mol. The molecule has 6 nitrogen and oxygen atoms in total. The largest absolute Gasteiger partial charge is 0.480 e. The average Bonchev–Trinajstić information content (AvgIpc) is 2.73. The normalized spacial score (nSPS) is 13.8. The molecule has 0 saturated heterocycles. The van der Waals surface area contributed by atoms with Crippen molar-refractivity contribution in [2.45, 2.75) is 25.9 Å². The van der Waals surface area contributed by atoms with Crippen LogP contribution in [0, 0.1) is 0 Å². The van der Waals surface area contributed by atoms with Crippen molar-refractivity contribution in [1.82, 2.24) is 9.88 Å². The van der Waals surface area contributed by atoms with Crippen LogP contribution in [0.2, 0.25) is 0 Å². The monoisotopic (exact) mass is 286 g/mol. The summed E-state index contributed by atoms with van der Waals surface area (Å²) in [5.74, 6) is -0.794. The number of nitrogens with zero attached hydrogens (tertiary/aromatic N) is 1. The molecule has 0 radical (unpaired) electrons. The SMILES string of the molecule is CC(CCS(C)=O)NC(=O)c1cccn1CC(=O)O. The molecule has 7 heteroatoms. The third-order valence-electron chi connectivity index (χ3n) is 2.58. The second kappa shape index (κ2) is 7.08. The third kappa shape index (κ3) is 5.25. The zero-order chi connectivity index (χ0) is 14.4. The molecule has 106 valence electrons. The topological polar surface area (TPSA) is 88.4 Å². The van der Waals surface area contributed by atoms with Gasteiger partial charge < -0.3 is 15.0 Å². The van der Waals surface area contributed by atoms with Crippen molar-refractivity contribution < 1.29 is 18.9 Å². The van der Waals surface area contributed by atoms with Crippen LogP contribution >= 0.6 is 0 Å². The van der Waals surface area contributed by atoms with E-state index in [1.54, 1.807) is 24.6 Å². The van der Waals surface area contributed by atoms with Crippen LogP contribution in [-0.4, -0.2) is 43.8 Å². The molecule has 1 amide bonds. The Morgan fingerprint density at radius 2 is 2.21 bits per heavy atom. The minimum atomic E-state index is -1.00. The third-order valence-corrected chi connectivity index (χ3v) is 3.39. The standard InChI is InChI=1S/C12H18N2O4S/c1-9(5-7-19(2)18)13-12(17)10-4-3-6-14(10)8-11(15)16/h3-4,6,9H,5,7-8H2,1-2H3,(H,13,17)(H,15,16). The summed E-state index contributed by atoms with van der Waals surface area (Å²) in [5.41, 5.74) is 0.312. The molecule has 0 spiro atoms. The highest BCUT2D eigenvalue weighted by molar-refractivity contribution is 7.84. The number of carbonyl (C=O) groups excluding carboxylic acids is 1. The van der Waals surface area contributed by atoms with E-state index in [1.165, 1.54) is 4.57 Å². The molecule has 0 aliphatic carbocycles. The summed E-state index contributed by atoms with van der Waals surface area (Å²) in [6, 6.07) is 3.09. The van der Waals surface area contributed by atoms with E-state index in [9.17, 15) is 13.8 Å². The van der Waals surface area contributed by atoms with E-state index >= 15 is 0 Å². The molecular formula is C12H18N2O4S. The number of nitrogens with one attached hydrogen (secondary N) is 1. The van der Waals surface area contributed by atoms with Crippen molar-refractivity contribution >= 4 is 22.7 Å². The Morgan fingerprint density at radius 1 is 1.53 bits per heavy atom. The molecule has 19 heavy (non-hydrogen) atoms. The Bertz CT molecular complexity index is 484. The summed E-state index contributed by atoms with van der Waals surface area (Å²) in [7, 11) is -0.884. The molecule has 1 rings (SSSR count). The molecule has 2 atom stereocenters. The maximum Gasteiger partial charge on any atom is 0.323 e. The number of hydrogen-bond donors (Lipinski definition) is 2. The quantitative estimate of drug-likeness (QED) is 0.762. The maximum atomic E-state index is 12.0. The highest BCUT2D eigenvalue weighted by Crippen LogP contribution is 2.04. The van der Waals surface area contributed by atoms with Crippen molar-refractivity contribution in [1.29, 1.82) is 0 Å². The predicted molar refractivity (Wildman–Crippen MR) is 72.5 cm³/mol. The van der Waals surface area contributed by atoms with Crippen LogP contribution in [-0.2, 0) is 22.1 Å². The molecule has 0 fully saturated rings. The molecule has 0 aliphatic heterocycles. The number of rotatable bonds is 7. The first-order valence-electron chi connectivity index (χ1n) is 5.88. The summed E-state index contributed by atoms with van der Waals surface area (Å²) in [6.45, 7) is 1.58. The molecule has 0 bridgehead atoms. The van der Waals surface area contributed by atoms with Crippen LogP contribution in [0.5, 0.6) is 0 Å². The minimum Gasteiger partial charge on any atom is -0.480 e. The van der Waals surface area contributed by atoms with Gasteiger partial charge in [-0.3, -0.25) is 13.8 Å². The maximum absolute atomic E-state index is 12.0. The number of carboxylic acids is 1. The number of hydrogen-bond acceptors (Lipinski definition) is 3. The molecule has 1 aromatic rings. The lowest BCUT2D eigenvalue weighted by Gasteiger charge is -2.14. The zero-order valence-corrected chi connectivity index (χ0v) is 11.8. The van der Waals surface area contributed by atoms with Gasteiger partial charge in [-0.25, -0.2) is 0 Å². The van der Waals surface area contributed by atoms with Crippen molar-refractivity contribution in [3.05, 3.63) is 24.0 Å². The van der Waals surface area contributed by atoms with Gasteiger partial charge in [-0.1, -0.05) is 0 Å². The van der Waals surface area contributed by atoms with Gasteiger partial charge in [-0.15, -0.1) is 0 Å². The second-order valence-electron chi connectivity index (χ2n) is 4.36. The van der Waals surface area contributed by atoms with Crippen molar-refractivity contribution in [3.8, 4) is 0 Å². The summed E-state index contributed by atoms with van der Waals surface area (Å²) in [5, 5.41) is 11.5. The molecule has 0 aliphatic rings. The van der Waals surface area contributed by atoms with E-state index in [2.05, 4.69) is 5.32 Å². The first-order chi connectivity index (χ1) is 8.90. The molecule has 2 N–H and O–H groups in total. The summed E-state index contributed by atoms with van der Waals surface area (Å²) in [4.78, 5) is 22.6. The van der Waals surface area contributed by atoms with Crippen LogP contribution in [0.15, 0.2) is 18.3 Å². The molecule has 1 aromatic heterocycles. The minimum absolute atomic E-state index is 0.107. The van der Waals surface area contributed by atoms with Gasteiger partial charge in [-0.2, -0.15) is 0 Å². The first-order valence-corrected chi connectivity index (χ1v) is 7.60. The molecular weight excluding hydrogens is 268 g/mol. The van der Waals surface area contributed by atoms with Gasteiger partial charge in [0.2, 0.25) is 0 Å². The Labute approximate surface area is 114 Å². The fraction of sp³-hybridized carbons (Fsp3) is 0.500. The highest BCUT2D eigenvalue weighted by Gasteiger charge is 2.14. The van der Waals surface area contributed by atoms with Crippen molar-refractivity contribution in [2.24, 2.45) is 0 Å². The lowest BCUT2D eigenvalue weighted by Crippen LogP contribution is -2.35. The Balaban J connectivity index is 2.60. The van der Waals surface area contributed by atoms with E-state index in [0.717, 1.165) is 0 Å². The molecule has 0 aromatic carbocycles. The predicted octanol–water partition coefficient (Wildman–Crippen LogP) is 0.460. The van der Waals surface area contributed by atoms with Crippen LogP contribution in [0.4, 0.5) is 0 Å². The fourth-order valence-corrected chi connectivity index (χ4v) is 2.30. The van der Waals surface area contributed by atoms with Crippen LogP contribution in [0.1, 0.15) is 23.8 Å². The smallest absolute Gasteiger partial charge is 0.323 e. The lowest BCUT2D eigenvalue weighted by atomic mass is 10.2. The number of carboxylic acid groups (broad SMARTS) is 1. The van der Waals surface area contributed by atoms with Crippen LogP contribution < -0.4 is 5.32 Å². The van der Waals surface area contributed by atoms with E-state index in [-0.39, 0.29) is 18.5 Å². The number of aliphatic carboxylic acids is 1. The van der Waals surface area contributed by atoms with Crippen molar-refractivity contribution in [2.75, 3.05) is 12.0 Å². The van der Waals surface area contributed by atoms with E-state index < -0.39 is 16.8 Å². The van der Waals surface area contributed by atoms with Gasteiger partial charge in [0, 0.05) is 35.0 Å². The van der Waals surface area contributed by atoms with Crippen LogP contribution in [0.25, 0.3) is 0 Å². The van der Waals surface area contributed by atoms with Gasteiger partial charge >= 0.3 is 5.97 Å². The van der Waals surface area contributed by atoms with E-state index in [4.69, 9.17) is 5.11 Å². The Hall–Kier alpha value is -1.63. The van der Waals surface area contributed by atoms with E-state index in [0.29, 0.717) is 17.9 Å². The summed E-state index contributed by atoms with van der Waals surface area (Å²) in [6.07, 6.45) is 3.79. The lowest BCUT2D eigenvalue weighted by molar-refractivity contribution is -0.137. The summed E-state index contributed by atoms with van der Waals surface area (Å²) < 4.78 is 12.3. The van der Waals surface area contributed by atoms with Gasteiger partial charge in [0.05, 0.1) is 0 Å². The molecule has 1 heterocycles. The van der Waals surface area contributed by atoms with Crippen LogP contribution in [0.3, 0.4) is 0 Å².